The molecule has 4 rings (SSSR count). The van der Waals surface area contributed by atoms with Crippen LogP contribution in [0.1, 0.15) is 41.4 Å². The van der Waals surface area contributed by atoms with Crippen LogP contribution in [0, 0.1) is 0 Å². The lowest BCUT2D eigenvalue weighted by Gasteiger charge is -2.41. The first-order valence-corrected chi connectivity index (χ1v) is 11.7. The van der Waals surface area contributed by atoms with Crippen LogP contribution in [0.4, 0.5) is 22.5 Å². The number of aromatic nitrogens is 4. The average molecular weight is 487 g/mol. The van der Waals surface area contributed by atoms with Crippen LogP contribution in [0.5, 0.6) is 0 Å². The number of aromatic carboxylic acids is 1. The van der Waals surface area contributed by atoms with Gasteiger partial charge in [0.2, 0.25) is 11.9 Å². The van der Waals surface area contributed by atoms with Crippen LogP contribution >= 0.6 is 0 Å². The lowest BCUT2D eigenvalue weighted by atomic mass is 10.1. The number of anilines is 3. The second-order valence-corrected chi connectivity index (χ2v) is 8.53. The van der Waals surface area contributed by atoms with Crippen molar-refractivity contribution in [3.63, 3.8) is 0 Å². The van der Waals surface area contributed by atoms with E-state index in [1.54, 1.807) is 16.0 Å². The number of amides is 1. The number of piperazine rings is 1. The third-order valence-corrected chi connectivity index (χ3v) is 6.17. The molecule has 2 aliphatic rings. The van der Waals surface area contributed by atoms with Crippen molar-refractivity contribution in [1.82, 2.24) is 24.8 Å². The van der Waals surface area contributed by atoms with Gasteiger partial charge in [-0.3, -0.25) is 0 Å². The molecule has 0 aromatic carbocycles. The maximum Gasteiger partial charge on any atom is 0.410 e. The van der Waals surface area contributed by atoms with E-state index in [1.807, 2.05) is 11.8 Å². The molecule has 0 spiro atoms. The molecule has 0 saturated carbocycles. The van der Waals surface area contributed by atoms with E-state index >= 15 is 0 Å². The molecule has 4 heterocycles. The highest BCUT2D eigenvalue weighted by molar-refractivity contribution is 5.92. The van der Waals surface area contributed by atoms with Gasteiger partial charge in [0.15, 0.2) is 0 Å². The van der Waals surface area contributed by atoms with Gasteiger partial charge in [-0.15, -0.1) is 0 Å². The smallest absolute Gasteiger partial charge is 0.410 e. The van der Waals surface area contributed by atoms with E-state index in [9.17, 15) is 14.7 Å². The van der Waals surface area contributed by atoms with Crippen molar-refractivity contribution < 1.29 is 24.5 Å². The summed E-state index contributed by atoms with van der Waals surface area (Å²) in [5.74, 6) is -0.493. The third-order valence-electron chi connectivity index (χ3n) is 6.17. The summed E-state index contributed by atoms with van der Waals surface area (Å²) in [6.45, 7) is 4.70. The van der Waals surface area contributed by atoms with Gasteiger partial charge >= 0.3 is 12.1 Å². The van der Waals surface area contributed by atoms with Crippen molar-refractivity contribution in [3.05, 3.63) is 29.2 Å². The van der Waals surface area contributed by atoms with Gasteiger partial charge in [0.05, 0.1) is 31.5 Å². The van der Waals surface area contributed by atoms with Crippen molar-refractivity contribution in [3.8, 4) is 0 Å². The predicted octanol–water partition coefficient (Wildman–Crippen LogP) is 0.529. The third kappa shape index (κ3) is 5.34. The van der Waals surface area contributed by atoms with Crippen LogP contribution in [0.3, 0.4) is 0 Å². The maximum absolute atomic E-state index is 12.3. The second-order valence-electron chi connectivity index (χ2n) is 8.53. The van der Waals surface area contributed by atoms with Crippen LogP contribution in [-0.4, -0.2) is 92.5 Å². The molecular formula is C22H30N8O5. The largest absolute Gasteiger partial charge is 0.477 e. The normalized spacial score (nSPS) is 17.8. The number of aliphatic hydroxyl groups is 1. The van der Waals surface area contributed by atoms with Gasteiger partial charge in [0.1, 0.15) is 11.4 Å². The molecular weight excluding hydrogens is 456 g/mol. The van der Waals surface area contributed by atoms with Gasteiger partial charge in [-0.2, -0.15) is 4.98 Å². The SMILES string of the molecule is CCCCOC(=O)N1CCc2nc(N3CCN(c4ncc(C(=O)O)c(N)n4)C(CO)C3)ncc2C1. The minimum absolute atomic E-state index is 0.122. The molecule has 2 aromatic rings. The topological polar surface area (TPSA) is 171 Å². The molecule has 188 valence electrons. The summed E-state index contributed by atoms with van der Waals surface area (Å²) in [5.41, 5.74) is 7.40. The van der Waals surface area contributed by atoms with E-state index in [0.717, 1.165) is 24.1 Å². The van der Waals surface area contributed by atoms with Crippen LogP contribution in [0.2, 0.25) is 0 Å². The number of carboxylic acids is 1. The summed E-state index contributed by atoms with van der Waals surface area (Å²) in [6.07, 6.45) is 5.04. The fraction of sp³-hybridized carbons (Fsp3) is 0.545. The molecule has 1 amide bonds. The van der Waals surface area contributed by atoms with E-state index in [0.29, 0.717) is 51.7 Å². The van der Waals surface area contributed by atoms with E-state index in [4.69, 9.17) is 20.6 Å². The quantitative estimate of drug-likeness (QED) is 0.464. The van der Waals surface area contributed by atoms with Gasteiger partial charge in [0, 0.05) is 50.6 Å². The summed E-state index contributed by atoms with van der Waals surface area (Å²) < 4.78 is 5.31. The highest BCUT2D eigenvalue weighted by atomic mass is 16.6. The lowest BCUT2D eigenvalue weighted by Crippen LogP contribution is -2.56. The number of nitrogens with zero attached hydrogens (tertiary/aromatic N) is 7. The number of ether oxygens (including phenoxy) is 1. The Balaban J connectivity index is 1.42. The van der Waals surface area contributed by atoms with Crippen LogP contribution in [0.25, 0.3) is 0 Å². The van der Waals surface area contributed by atoms with Crippen LogP contribution < -0.4 is 15.5 Å². The number of carboxylic acid groups (broad SMARTS) is 1. The summed E-state index contributed by atoms with van der Waals surface area (Å²) in [7, 11) is 0. The molecule has 2 aromatic heterocycles. The molecule has 0 bridgehead atoms. The van der Waals surface area contributed by atoms with E-state index in [1.165, 1.54) is 6.20 Å². The highest BCUT2D eigenvalue weighted by Crippen LogP contribution is 2.24. The molecule has 13 nitrogen and oxygen atoms in total. The maximum atomic E-state index is 12.3. The molecule has 1 atom stereocenters. The van der Waals surface area contributed by atoms with Crippen molar-refractivity contribution >= 4 is 29.8 Å². The Morgan fingerprint density at radius 2 is 1.97 bits per heavy atom. The molecule has 13 heteroatoms. The molecule has 4 N–H and O–H groups in total. The fourth-order valence-corrected chi connectivity index (χ4v) is 4.15. The number of carbonyl (C=O) groups excluding carboxylic acids is 1. The first-order chi connectivity index (χ1) is 16.9. The number of rotatable bonds is 7. The van der Waals surface area contributed by atoms with E-state index in [-0.39, 0.29) is 36.1 Å². The summed E-state index contributed by atoms with van der Waals surface area (Å²) >= 11 is 0. The summed E-state index contributed by atoms with van der Waals surface area (Å²) in [6, 6.07) is -0.355. The molecule has 0 aliphatic carbocycles. The number of fused-ring (bicyclic) bond motifs is 1. The van der Waals surface area contributed by atoms with E-state index < -0.39 is 5.97 Å². The van der Waals surface area contributed by atoms with Gasteiger partial charge < -0.3 is 35.4 Å². The Hall–Kier alpha value is -3.74. The number of nitrogen functional groups attached to an aromatic ring is 1. The van der Waals surface area contributed by atoms with Crippen molar-refractivity contribution in [2.24, 2.45) is 0 Å². The molecule has 2 aliphatic heterocycles. The second kappa shape index (κ2) is 10.7. The fourth-order valence-electron chi connectivity index (χ4n) is 4.15. The number of hydrogen-bond acceptors (Lipinski definition) is 11. The number of unbranched alkanes of at least 4 members (excludes halogenated alkanes) is 1. The highest BCUT2D eigenvalue weighted by Gasteiger charge is 2.31. The molecule has 35 heavy (non-hydrogen) atoms. The lowest BCUT2D eigenvalue weighted by molar-refractivity contribution is 0.0697. The molecule has 0 radical (unpaired) electrons. The number of hydrogen-bond donors (Lipinski definition) is 3. The molecule has 1 saturated heterocycles. The first-order valence-electron chi connectivity index (χ1n) is 11.7. The Kier molecular flexibility index (Phi) is 7.44. The van der Waals surface area contributed by atoms with Crippen molar-refractivity contribution in [2.75, 3.05) is 54.9 Å². The Morgan fingerprint density at radius 1 is 1.17 bits per heavy atom. The Bertz CT molecular complexity index is 1080. The Morgan fingerprint density at radius 3 is 2.69 bits per heavy atom. The van der Waals surface area contributed by atoms with Crippen LogP contribution in [-0.2, 0) is 17.7 Å². The number of carbonyl (C=O) groups is 2. The average Bonchev–Trinajstić information content (AvgIpc) is 2.87. The zero-order chi connectivity index (χ0) is 24.9. The first kappa shape index (κ1) is 24.4. The minimum Gasteiger partial charge on any atom is -0.477 e. The number of nitrogens with two attached hydrogens (primary N) is 1. The van der Waals surface area contributed by atoms with Crippen LogP contribution in [0.15, 0.2) is 12.4 Å². The molecule has 1 unspecified atom stereocenters. The van der Waals surface area contributed by atoms with Gasteiger partial charge in [0.25, 0.3) is 0 Å². The van der Waals surface area contributed by atoms with Gasteiger partial charge in [-0.05, 0) is 6.42 Å². The minimum atomic E-state index is -1.20. The molecule has 1 fully saturated rings. The Labute approximate surface area is 202 Å². The van der Waals surface area contributed by atoms with Crippen molar-refractivity contribution in [1.29, 1.82) is 0 Å². The standard InChI is InChI=1S/C22H30N8O5/c1-2-3-8-35-22(34)29-5-4-17-14(11-29)9-24-20(26-17)28-6-7-30(15(12-28)13-31)21-25-10-16(19(32)33)18(23)27-21/h9-10,15,31H,2-8,11-13H2,1H3,(H,32,33)(H2,23,25,27). The monoisotopic (exact) mass is 486 g/mol. The zero-order valence-corrected chi connectivity index (χ0v) is 19.6. The zero-order valence-electron chi connectivity index (χ0n) is 19.6. The van der Waals surface area contributed by atoms with Crippen molar-refractivity contribution in [2.45, 2.75) is 38.8 Å². The van der Waals surface area contributed by atoms with E-state index in [2.05, 4.69) is 15.0 Å². The predicted molar refractivity (Wildman–Crippen MR) is 126 cm³/mol. The summed E-state index contributed by atoms with van der Waals surface area (Å²) in [5, 5.41) is 19.1. The van der Waals surface area contributed by atoms with Gasteiger partial charge in [-0.25, -0.2) is 24.5 Å². The van der Waals surface area contributed by atoms with Gasteiger partial charge in [-0.1, -0.05) is 13.3 Å². The summed E-state index contributed by atoms with van der Waals surface area (Å²) in [4.78, 5) is 46.4. The number of aliphatic hydroxyl groups excluding tert-OH is 1.